The minimum atomic E-state index is -3.58. The topological polar surface area (TPSA) is 118 Å². The highest BCUT2D eigenvalue weighted by molar-refractivity contribution is 7.90. The number of nitro benzene ring substituents is 1. The lowest BCUT2D eigenvalue weighted by Crippen LogP contribution is -2.30. The second-order valence-corrected chi connectivity index (χ2v) is 6.61. The molecule has 0 fully saturated rings. The first-order valence-electron chi connectivity index (χ1n) is 6.39. The van der Waals surface area contributed by atoms with Gasteiger partial charge in [0.15, 0.2) is 9.84 Å². The number of nitrogens with zero attached hydrogens (tertiary/aromatic N) is 1. The third kappa shape index (κ3) is 3.83. The van der Waals surface area contributed by atoms with Gasteiger partial charge in [0.25, 0.3) is 11.6 Å². The molecule has 0 saturated heterocycles. The normalized spacial score (nSPS) is 10.8. The molecule has 1 amide bonds. The summed E-state index contributed by atoms with van der Waals surface area (Å²) in [7, 11) is -3.58. The number of benzene rings is 2. The summed E-state index contributed by atoms with van der Waals surface area (Å²) >= 11 is 0. The average Bonchev–Trinajstić information content (AvgIpc) is 2.52. The van der Waals surface area contributed by atoms with Gasteiger partial charge in [-0.3, -0.25) is 25.8 Å². The van der Waals surface area contributed by atoms with Crippen molar-refractivity contribution in [2.45, 2.75) is 4.90 Å². The molecule has 9 heteroatoms. The average molecular weight is 335 g/mol. The van der Waals surface area contributed by atoms with Crippen LogP contribution in [0.25, 0.3) is 0 Å². The Labute approximate surface area is 132 Å². The zero-order valence-corrected chi connectivity index (χ0v) is 12.8. The van der Waals surface area contributed by atoms with Crippen LogP contribution in [0.4, 0.5) is 11.4 Å². The molecule has 0 aliphatic heterocycles. The molecule has 0 radical (unpaired) electrons. The number of rotatable bonds is 5. The van der Waals surface area contributed by atoms with Gasteiger partial charge < -0.3 is 0 Å². The largest absolute Gasteiger partial charge is 0.294 e. The standard InChI is InChI=1S/C14H13N3O5S/c1-23(21,22)13-9-5-2-6-10(13)14(18)16-15-11-7-3-4-8-12(11)17(19)20/h2-9,15H,1H3,(H,16,18). The van der Waals surface area contributed by atoms with Gasteiger partial charge in [-0.2, -0.15) is 0 Å². The molecule has 0 saturated carbocycles. The highest BCUT2D eigenvalue weighted by Gasteiger charge is 2.19. The summed E-state index contributed by atoms with van der Waals surface area (Å²) < 4.78 is 23.4. The summed E-state index contributed by atoms with van der Waals surface area (Å²) in [4.78, 5) is 22.3. The van der Waals surface area contributed by atoms with E-state index in [1.165, 1.54) is 42.5 Å². The van der Waals surface area contributed by atoms with Crippen LogP contribution in [0.5, 0.6) is 0 Å². The summed E-state index contributed by atoms with van der Waals surface area (Å²) in [5.41, 5.74) is 4.51. The van der Waals surface area contributed by atoms with E-state index >= 15 is 0 Å². The first-order chi connectivity index (χ1) is 10.8. The molecule has 0 aromatic heterocycles. The Morgan fingerprint density at radius 3 is 2.35 bits per heavy atom. The smallest absolute Gasteiger partial charge is 0.292 e. The molecule has 23 heavy (non-hydrogen) atoms. The summed E-state index contributed by atoms with van der Waals surface area (Å²) in [6.07, 6.45) is 0.995. The van der Waals surface area contributed by atoms with Crippen molar-refractivity contribution in [2.24, 2.45) is 0 Å². The van der Waals surface area contributed by atoms with Gasteiger partial charge >= 0.3 is 0 Å². The fourth-order valence-corrected chi connectivity index (χ4v) is 2.79. The number of carbonyl (C=O) groups excluding carboxylic acids is 1. The molecule has 0 heterocycles. The molecule has 0 aliphatic rings. The lowest BCUT2D eigenvalue weighted by Gasteiger charge is -2.11. The Balaban J connectivity index is 2.24. The lowest BCUT2D eigenvalue weighted by molar-refractivity contribution is -0.384. The minimum Gasteiger partial charge on any atom is -0.292 e. The Morgan fingerprint density at radius 1 is 1.09 bits per heavy atom. The second kappa shape index (κ2) is 6.44. The first-order valence-corrected chi connectivity index (χ1v) is 8.28. The summed E-state index contributed by atoms with van der Waals surface area (Å²) in [5.74, 6) is -0.718. The van der Waals surface area contributed by atoms with Gasteiger partial charge in [-0.25, -0.2) is 8.42 Å². The van der Waals surface area contributed by atoms with Gasteiger partial charge in [0.2, 0.25) is 0 Å². The van der Waals surface area contributed by atoms with Crippen LogP contribution < -0.4 is 10.9 Å². The van der Waals surface area contributed by atoms with Crippen molar-refractivity contribution in [1.82, 2.24) is 5.43 Å². The molecule has 0 bridgehead atoms. The Kier molecular flexibility index (Phi) is 4.60. The maximum Gasteiger partial charge on any atom is 0.294 e. The molecule has 2 aromatic rings. The molecule has 2 rings (SSSR count). The number of nitro groups is 1. The van der Waals surface area contributed by atoms with E-state index < -0.39 is 20.7 Å². The molecule has 0 aliphatic carbocycles. The highest BCUT2D eigenvalue weighted by atomic mass is 32.2. The van der Waals surface area contributed by atoms with Gasteiger partial charge in [0.05, 0.1) is 15.4 Å². The van der Waals surface area contributed by atoms with Crippen molar-refractivity contribution in [1.29, 1.82) is 0 Å². The van der Waals surface area contributed by atoms with Gasteiger partial charge in [-0.1, -0.05) is 24.3 Å². The predicted molar refractivity (Wildman–Crippen MR) is 83.7 cm³/mol. The number of sulfone groups is 1. The van der Waals surface area contributed by atoms with E-state index in [1.54, 1.807) is 6.07 Å². The Hall–Kier alpha value is -2.94. The van der Waals surface area contributed by atoms with Crippen LogP contribution in [0.1, 0.15) is 10.4 Å². The minimum absolute atomic E-state index is 0.0546. The first kappa shape index (κ1) is 16.4. The molecule has 2 N–H and O–H groups in total. The third-order valence-electron chi connectivity index (χ3n) is 2.94. The number of anilines is 1. The van der Waals surface area contributed by atoms with Crippen molar-refractivity contribution in [2.75, 3.05) is 11.7 Å². The van der Waals surface area contributed by atoms with Crippen molar-refractivity contribution in [3.8, 4) is 0 Å². The molecule has 0 atom stereocenters. The monoisotopic (exact) mass is 335 g/mol. The number of hydrogen-bond donors (Lipinski definition) is 2. The fourth-order valence-electron chi connectivity index (χ4n) is 1.91. The van der Waals surface area contributed by atoms with Crippen molar-refractivity contribution < 1.29 is 18.1 Å². The summed E-state index contributed by atoms with van der Waals surface area (Å²) in [6.45, 7) is 0. The van der Waals surface area contributed by atoms with Crippen LogP contribution in [0.2, 0.25) is 0 Å². The van der Waals surface area contributed by atoms with Crippen LogP contribution in [0, 0.1) is 10.1 Å². The third-order valence-corrected chi connectivity index (χ3v) is 4.10. The van der Waals surface area contributed by atoms with E-state index in [4.69, 9.17) is 0 Å². The Bertz CT molecular complexity index is 864. The number of carbonyl (C=O) groups is 1. The molecule has 8 nitrogen and oxygen atoms in total. The second-order valence-electron chi connectivity index (χ2n) is 4.62. The molecular formula is C14H13N3O5S. The van der Waals surface area contributed by atoms with Crippen LogP contribution in [0.3, 0.4) is 0 Å². The van der Waals surface area contributed by atoms with Gasteiger partial charge in [-0.05, 0) is 18.2 Å². The SMILES string of the molecule is CS(=O)(=O)c1ccccc1C(=O)NNc1ccccc1[N+](=O)[O-]. The highest BCUT2D eigenvalue weighted by Crippen LogP contribution is 2.22. The number of amides is 1. The van der Waals surface area contributed by atoms with Gasteiger partial charge in [-0.15, -0.1) is 0 Å². The van der Waals surface area contributed by atoms with Crippen molar-refractivity contribution in [3.63, 3.8) is 0 Å². The quantitative estimate of drug-likeness (QED) is 0.635. The van der Waals surface area contributed by atoms with Gasteiger partial charge in [0, 0.05) is 12.3 Å². The van der Waals surface area contributed by atoms with Crippen molar-refractivity contribution >= 4 is 27.1 Å². The molecule has 2 aromatic carbocycles. The fraction of sp³-hybridized carbons (Fsp3) is 0.0714. The maximum absolute atomic E-state index is 12.2. The van der Waals surface area contributed by atoms with Crippen LogP contribution in [-0.2, 0) is 9.84 Å². The maximum atomic E-state index is 12.2. The molecule has 0 spiro atoms. The Morgan fingerprint density at radius 2 is 1.70 bits per heavy atom. The van der Waals surface area contributed by atoms with E-state index in [2.05, 4.69) is 10.9 Å². The van der Waals surface area contributed by atoms with Crippen LogP contribution in [0.15, 0.2) is 53.4 Å². The van der Waals surface area contributed by atoms with Crippen LogP contribution >= 0.6 is 0 Å². The van der Waals surface area contributed by atoms with Gasteiger partial charge in [0.1, 0.15) is 5.69 Å². The van der Waals surface area contributed by atoms with Crippen molar-refractivity contribution in [3.05, 3.63) is 64.2 Å². The van der Waals surface area contributed by atoms with Crippen LogP contribution in [-0.4, -0.2) is 25.5 Å². The molecule has 0 unspecified atom stereocenters. The summed E-state index contributed by atoms with van der Waals surface area (Å²) in [5, 5.41) is 10.9. The number of hydrogen-bond acceptors (Lipinski definition) is 6. The predicted octanol–water partition coefficient (Wildman–Crippen LogP) is 1.76. The van der Waals surface area contributed by atoms with E-state index in [0.717, 1.165) is 6.26 Å². The van der Waals surface area contributed by atoms with E-state index in [9.17, 15) is 23.3 Å². The number of para-hydroxylation sites is 2. The van der Waals surface area contributed by atoms with E-state index in [0.29, 0.717) is 0 Å². The lowest BCUT2D eigenvalue weighted by atomic mass is 10.2. The number of hydrazine groups is 1. The van der Waals surface area contributed by atoms with E-state index in [-0.39, 0.29) is 21.8 Å². The van der Waals surface area contributed by atoms with E-state index in [1.807, 2.05) is 0 Å². The summed E-state index contributed by atoms with van der Waals surface area (Å²) in [6, 6.07) is 11.4. The number of nitrogens with one attached hydrogen (secondary N) is 2. The molecule has 120 valence electrons. The zero-order chi connectivity index (χ0) is 17.0. The molecular weight excluding hydrogens is 322 g/mol. The zero-order valence-electron chi connectivity index (χ0n) is 12.0.